The molecule has 3 aromatic rings. The van der Waals surface area contributed by atoms with Crippen molar-refractivity contribution in [1.82, 2.24) is 9.78 Å². The van der Waals surface area contributed by atoms with E-state index in [1.165, 1.54) is 35.1 Å². The molecule has 2 aromatic carbocycles. The van der Waals surface area contributed by atoms with Gasteiger partial charge in [-0.3, -0.25) is 4.79 Å². The summed E-state index contributed by atoms with van der Waals surface area (Å²) < 4.78 is 19.7. The lowest BCUT2D eigenvalue weighted by atomic mass is 10.3. The van der Waals surface area contributed by atoms with Crippen LogP contribution < -0.4 is 15.6 Å². The zero-order valence-electron chi connectivity index (χ0n) is 12.7. The summed E-state index contributed by atoms with van der Waals surface area (Å²) in [4.78, 5) is 12.2. The Morgan fingerprint density at radius 3 is 2.25 bits per heavy atom. The number of benzene rings is 2. The fourth-order valence-electron chi connectivity index (χ4n) is 2.09. The Kier molecular flexibility index (Phi) is 4.48. The van der Waals surface area contributed by atoms with E-state index in [4.69, 9.17) is 16.3 Å². The minimum absolute atomic E-state index is 0.0686. The van der Waals surface area contributed by atoms with Crippen LogP contribution in [0.15, 0.2) is 59.5 Å². The Hall–Kier alpha value is -2.86. The average Bonchev–Trinajstić information content (AvgIpc) is 2.60. The third-order valence-corrected chi connectivity index (χ3v) is 3.68. The highest BCUT2D eigenvalue weighted by atomic mass is 35.5. The predicted octanol–water partition coefficient (Wildman–Crippen LogP) is 3.86. The zero-order valence-corrected chi connectivity index (χ0v) is 13.4. The molecule has 0 amide bonds. The minimum Gasteiger partial charge on any atom is -0.457 e. The van der Waals surface area contributed by atoms with Gasteiger partial charge in [0.1, 0.15) is 22.3 Å². The standard InChI is InChI=1S/C17H13ClFN3O2/c1-20-15-10-21-22(17(23)16(15)18)12-4-8-14(9-5-12)24-13-6-2-11(19)3-7-13/h2-10,20H,1H3. The highest BCUT2D eigenvalue weighted by molar-refractivity contribution is 6.32. The molecule has 0 fully saturated rings. The van der Waals surface area contributed by atoms with Crippen molar-refractivity contribution < 1.29 is 9.13 Å². The molecule has 0 atom stereocenters. The summed E-state index contributed by atoms with van der Waals surface area (Å²) in [6.07, 6.45) is 1.48. The van der Waals surface area contributed by atoms with Crippen LogP contribution in [-0.2, 0) is 0 Å². The molecule has 0 aliphatic heterocycles. The zero-order chi connectivity index (χ0) is 17.1. The van der Waals surface area contributed by atoms with Crippen LogP contribution in [0.1, 0.15) is 0 Å². The average molecular weight is 346 g/mol. The maximum Gasteiger partial charge on any atom is 0.292 e. The first-order valence-corrected chi connectivity index (χ1v) is 7.46. The molecule has 0 aliphatic carbocycles. The summed E-state index contributed by atoms with van der Waals surface area (Å²) in [6.45, 7) is 0. The van der Waals surface area contributed by atoms with Gasteiger partial charge in [0.15, 0.2) is 0 Å². The van der Waals surface area contributed by atoms with Crippen molar-refractivity contribution in [2.45, 2.75) is 0 Å². The van der Waals surface area contributed by atoms with Gasteiger partial charge in [-0.05, 0) is 48.5 Å². The van der Waals surface area contributed by atoms with E-state index in [2.05, 4.69) is 10.4 Å². The van der Waals surface area contributed by atoms with E-state index < -0.39 is 5.56 Å². The van der Waals surface area contributed by atoms with Crippen LogP contribution in [0.5, 0.6) is 11.5 Å². The van der Waals surface area contributed by atoms with Gasteiger partial charge in [0, 0.05) is 7.05 Å². The summed E-state index contributed by atoms with van der Waals surface area (Å²) in [7, 11) is 1.66. The van der Waals surface area contributed by atoms with E-state index in [9.17, 15) is 9.18 Å². The van der Waals surface area contributed by atoms with E-state index >= 15 is 0 Å². The first-order valence-electron chi connectivity index (χ1n) is 7.08. The van der Waals surface area contributed by atoms with Gasteiger partial charge < -0.3 is 10.1 Å². The SMILES string of the molecule is CNc1cnn(-c2ccc(Oc3ccc(F)cc3)cc2)c(=O)c1Cl. The maximum atomic E-state index is 12.9. The quantitative estimate of drug-likeness (QED) is 0.780. The molecule has 1 N–H and O–H groups in total. The van der Waals surface area contributed by atoms with Gasteiger partial charge in [-0.1, -0.05) is 11.6 Å². The van der Waals surface area contributed by atoms with E-state index in [0.717, 1.165) is 0 Å². The Labute approximate surface area is 142 Å². The molecule has 0 unspecified atom stereocenters. The largest absolute Gasteiger partial charge is 0.457 e. The predicted molar refractivity (Wildman–Crippen MR) is 90.9 cm³/mol. The lowest BCUT2D eigenvalue weighted by molar-refractivity contribution is 0.480. The molecule has 0 bridgehead atoms. The summed E-state index contributed by atoms with van der Waals surface area (Å²) in [5.74, 6) is 0.738. The lowest BCUT2D eigenvalue weighted by Gasteiger charge is -2.09. The molecule has 0 saturated carbocycles. The van der Waals surface area contributed by atoms with Crippen LogP contribution in [-0.4, -0.2) is 16.8 Å². The molecule has 0 radical (unpaired) electrons. The smallest absolute Gasteiger partial charge is 0.292 e. The Morgan fingerprint density at radius 2 is 1.67 bits per heavy atom. The summed E-state index contributed by atoms with van der Waals surface area (Å²) in [5, 5.41) is 6.95. The van der Waals surface area contributed by atoms with Crippen LogP contribution in [0, 0.1) is 5.82 Å². The maximum absolute atomic E-state index is 12.9. The van der Waals surface area contributed by atoms with E-state index in [1.54, 1.807) is 31.3 Å². The van der Waals surface area contributed by atoms with Crippen molar-refractivity contribution in [3.8, 4) is 17.2 Å². The van der Waals surface area contributed by atoms with Crippen molar-refractivity contribution in [3.63, 3.8) is 0 Å². The number of rotatable bonds is 4. The molecular formula is C17H13ClFN3O2. The molecule has 5 nitrogen and oxygen atoms in total. The van der Waals surface area contributed by atoms with Gasteiger partial charge in [-0.15, -0.1) is 0 Å². The number of nitrogens with one attached hydrogen (secondary N) is 1. The fourth-order valence-corrected chi connectivity index (χ4v) is 2.31. The number of anilines is 1. The van der Waals surface area contributed by atoms with E-state index in [-0.39, 0.29) is 10.8 Å². The third kappa shape index (κ3) is 3.23. The topological polar surface area (TPSA) is 56.1 Å². The normalized spacial score (nSPS) is 10.5. The minimum atomic E-state index is -0.421. The highest BCUT2D eigenvalue weighted by Gasteiger charge is 2.09. The molecular weight excluding hydrogens is 333 g/mol. The molecule has 0 saturated heterocycles. The van der Waals surface area contributed by atoms with Crippen molar-refractivity contribution >= 4 is 17.3 Å². The molecule has 0 aliphatic rings. The second-order valence-electron chi connectivity index (χ2n) is 4.89. The molecule has 122 valence electrons. The van der Waals surface area contributed by atoms with E-state index in [1.807, 2.05) is 0 Å². The Morgan fingerprint density at radius 1 is 1.08 bits per heavy atom. The highest BCUT2D eigenvalue weighted by Crippen LogP contribution is 2.23. The van der Waals surface area contributed by atoms with Gasteiger partial charge in [-0.2, -0.15) is 9.78 Å². The Balaban J connectivity index is 1.86. The van der Waals surface area contributed by atoms with Gasteiger partial charge in [0.25, 0.3) is 5.56 Å². The number of hydrogen-bond acceptors (Lipinski definition) is 4. The van der Waals surface area contributed by atoms with Crippen LogP contribution in [0.25, 0.3) is 5.69 Å². The third-order valence-electron chi connectivity index (χ3n) is 3.32. The number of hydrogen-bond donors (Lipinski definition) is 1. The number of ether oxygens (including phenoxy) is 1. The van der Waals surface area contributed by atoms with E-state index in [0.29, 0.717) is 22.9 Å². The summed E-state index contributed by atoms with van der Waals surface area (Å²) >= 11 is 6.01. The van der Waals surface area contributed by atoms with Crippen molar-refractivity contribution in [1.29, 1.82) is 0 Å². The monoisotopic (exact) mass is 345 g/mol. The van der Waals surface area contributed by atoms with Gasteiger partial charge >= 0.3 is 0 Å². The lowest BCUT2D eigenvalue weighted by Crippen LogP contribution is -2.22. The van der Waals surface area contributed by atoms with Crippen LogP contribution >= 0.6 is 11.6 Å². The van der Waals surface area contributed by atoms with Crippen LogP contribution in [0.3, 0.4) is 0 Å². The molecule has 1 aromatic heterocycles. The van der Waals surface area contributed by atoms with Crippen molar-refractivity contribution in [2.24, 2.45) is 0 Å². The number of nitrogens with zero attached hydrogens (tertiary/aromatic N) is 2. The summed E-state index contributed by atoms with van der Waals surface area (Å²) in [6, 6.07) is 12.4. The molecule has 24 heavy (non-hydrogen) atoms. The van der Waals surface area contributed by atoms with Crippen molar-refractivity contribution in [2.75, 3.05) is 12.4 Å². The summed E-state index contributed by atoms with van der Waals surface area (Å²) in [5.41, 5.74) is 0.598. The number of aromatic nitrogens is 2. The molecule has 7 heteroatoms. The second-order valence-corrected chi connectivity index (χ2v) is 5.27. The van der Waals surface area contributed by atoms with Crippen LogP contribution in [0.2, 0.25) is 5.02 Å². The first-order chi connectivity index (χ1) is 11.6. The van der Waals surface area contributed by atoms with Gasteiger partial charge in [-0.25, -0.2) is 4.39 Å². The van der Waals surface area contributed by atoms with Crippen molar-refractivity contribution in [3.05, 3.63) is 75.9 Å². The van der Waals surface area contributed by atoms with Gasteiger partial charge in [0.2, 0.25) is 0 Å². The molecule has 3 rings (SSSR count). The van der Waals surface area contributed by atoms with Gasteiger partial charge in [0.05, 0.1) is 17.6 Å². The fraction of sp³-hybridized carbons (Fsp3) is 0.0588. The first kappa shape index (κ1) is 16.0. The molecule has 0 spiro atoms. The number of halogens is 2. The Bertz CT molecular complexity index is 909. The van der Waals surface area contributed by atoms with Crippen LogP contribution in [0.4, 0.5) is 10.1 Å². The second kappa shape index (κ2) is 6.72. The molecule has 1 heterocycles.